The molecular formula is C12H19N3O2S. The molecule has 0 saturated carbocycles. The first-order valence-corrected chi connectivity index (χ1v) is 6.84. The van der Waals surface area contributed by atoms with Gasteiger partial charge in [0.25, 0.3) is 0 Å². The lowest BCUT2D eigenvalue weighted by molar-refractivity contribution is -0.142. The maximum Gasteiger partial charge on any atom is 0.323 e. The van der Waals surface area contributed by atoms with Crippen LogP contribution in [0.15, 0.2) is 17.6 Å². The fourth-order valence-electron chi connectivity index (χ4n) is 1.32. The SMILES string of the molecule is Cc1cnc(SCCCCC(C)(N)C(=O)O)nc1. The zero-order valence-electron chi connectivity index (χ0n) is 10.7. The van der Waals surface area contributed by atoms with Gasteiger partial charge < -0.3 is 10.8 Å². The first-order valence-electron chi connectivity index (χ1n) is 5.85. The molecule has 0 radical (unpaired) electrons. The Bertz CT molecular complexity index is 393. The molecule has 5 nitrogen and oxygen atoms in total. The zero-order chi connectivity index (χ0) is 13.6. The molecule has 1 aromatic rings. The van der Waals surface area contributed by atoms with Crippen LogP contribution >= 0.6 is 11.8 Å². The average molecular weight is 269 g/mol. The molecule has 1 heterocycles. The molecule has 0 saturated heterocycles. The van der Waals surface area contributed by atoms with Crippen molar-refractivity contribution in [1.29, 1.82) is 0 Å². The number of rotatable bonds is 7. The summed E-state index contributed by atoms with van der Waals surface area (Å²) in [4.78, 5) is 19.2. The predicted octanol–water partition coefficient (Wildman–Crippen LogP) is 1.85. The van der Waals surface area contributed by atoms with E-state index in [1.54, 1.807) is 31.1 Å². The van der Waals surface area contributed by atoms with E-state index in [0.29, 0.717) is 6.42 Å². The van der Waals surface area contributed by atoms with E-state index in [-0.39, 0.29) is 0 Å². The Balaban J connectivity index is 2.20. The number of aliphatic carboxylic acids is 1. The highest BCUT2D eigenvalue weighted by molar-refractivity contribution is 7.99. The normalized spacial score (nSPS) is 14.2. The number of nitrogens with two attached hydrogens (primary N) is 1. The summed E-state index contributed by atoms with van der Waals surface area (Å²) in [6.07, 6.45) is 5.76. The molecule has 1 atom stereocenters. The van der Waals surface area contributed by atoms with Gasteiger partial charge in [-0.05, 0) is 32.3 Å². The van der Waals surface area contributed by atoms with Crippen LogP contribution in [0.4, 0.5) is 0 Å². The lowest BCUT2D eigenvalue weighted by Gasteiger charge is -2.18. The molecule has 0 aliphatic heterocycles. The Hall–Kier alpha value is -1.14. The maximum atomic E-state index is 10.8. The van der Waals surface area contributed by atoms with Crippen molar-refractivity contribution in [3.63, 3.8) is 0 Å². The summed E-state index contributed by atoms with van der Waals surface area (Å²) in [6.45, 7) is 3.49. The average Bonchev–Trinajstić information content (AvgIpc) is 2.31. The minimum absolute atomic E-state index is 0.484. The molecule has 18 heavy (non-hydrogen) atoms. The van der Waals surface area contributed by atoms with Gasteiger partial charge in [-0.3, -0.25) is 4.79 Å². The van der Waals surface area contributed by atoms with Gasteiger partial charge in [0.15, 0.2) is 5.16 Å². The fraction of sp³-hybridized carbons (Fsp3) is 0.583. The summed E-state index contributed by atoms with van der Waals surface area (Å²) in [5, 5.41) is 9.61. The van der Waals surface area contributed by atoms with Gasteiger partial charge in [0, 0.05) is 18.1 Å². The molecule has 100 valence electrons. The number of unbranched alkanes of at least 4 members (excludes halogenated alkanes) is 1. The molecule has 0 aliphatic carbocycles. The number of nitrogens with zero attached hydrogens (tertiary/aromatic N) is 2. The third-order valence-electron chi connectivity index (χ3n) is 2.57. The molecule has 6 heteroatoms. The molecule has 0 bridgehead atoms. The number of carboxylic acid groups (broad SMARTS) is 1. The Labute approximate surface area is 111 Å². The second-order valence-electron chi connectivity index (χ2n) is 4.57. The van der Waals surface area contributed by atoms with Crippen molar-refractivity contribution in [2.75, 3.05) is 5.75 Å². The van der Waals surface area contributed by atoms with Crippen molar-refractivity contribution in [2.24, 2.45) is 5.73 Å². The van der Waals surface area contributed by atoms with Crippen LogP contribution in [0.5, 0.6) is 0 Å². The number of carboxylic acids is 1. The number of carbonyl (C=O) groups is 1. The minimum Gasteiger partial charge on any atom is -0.480 e. The number of aromatic nitrogens is 2. The summed E-state index contributed by atoms with van der Waals surface area (Å²) in [6, 6.07) is 0. The molecular weight excluding hydrogens is 250 g/mol. The standard InChI is InChI=1S/C12H19N3O2S/c1-9-7-14-11(15-8-9)18-6-4-3-5-12(2,13)10(16)17/h7-8H,3-6,13H2,1-2H3,(H,16,17). The van der Waals surface area contributed by atoms with E-state index in [9.17, 15) is 4.79 Å². The lowest BCUT2D eigenvalue weighted by atomic mass is 9.97. The molecule has 0 spiro atoms. The topological polar surface area (TPSA) is 89.1 Å². The van der Waals surface area contributed by atoms with E-state index in [2.05, 4.69) is 9.97 Å². The predicted molar refractivity (Wildman–Crippen MR) is 71.6 cm³/mol. The van der Waals surface area contributed by atoms with Gasteiger partial charge in [-0.15, -0.1) is 0 Å². The van der Waals surface area contributed by atoms with Crippen LogP contribution in [-0.4, -0.2) is 32.3 Å². The van der Waals surface area contributed by atoms with Crippen molar-refractivity contribution < 1.29 is 9.90 Å². The van der Waals surface area contributed by atoms with Gasteiger partial charge in [-0.25, -0.2) is 9.97 Å². The van der Waals surface area contributed by atoms with E-state index < -0.39 is 11.5 Å². The van der Waals surface area contributed by atoms with Crippen molar-refractivity contribution in [3.05, 3.63) is 18.0 Å². The highest BCUT2D eigenvalue weighted by atomic mass is 32.2. The fourth-order valence-corrected chi connectivity index (χ4v) is 2.11. The minimum atomic E-state index is -1.12. The highest BCUT2D eigenvalue weighted by Crippen LogP contribution is 2.17. The second-order valence-corrected chi connectivity index (χ2v) is 5.63. The Morgan fingerprint density at radius 1 is 1.44 bits per heavy atom. The number of hydrogen-bond donors (Lipinski definition) is 2. The van der Waals surface area contributed by atoms with Crippen LogP contribution in [0.3, 0.4) is 0 Å². The highest BCUT2D eigenvalue weighted by Gasteiger charge is 2.26. The van der Waals surface area contributed by atoms with Crippen LogP contribution in [0, 0.1) is 6.92 Å². The number of hydrogen-bond acceptors (Lipinski definition) is 5. The van der Waals surface area contributed by atoms with Crippen molar-refractivity contribution in [3.8, 4) is 0 Å². The summed E-state index contributed by atoms with van der Waals surface area (Å²) in [5.74, 6) is -0.0734. The first kappa shape index (κ1) is 14.9. The van der Waals surface area contributed by atoms with Gasteiger partial charge in [0.2, 0.25) is 0 Å². The van der Waals surface area contributed by atoms with Crippen LogP contribution in [0.2, 0.25) is 0 Å². The summed E-state index contributed by atoms with van der Waals surface area (Å²) < 4.78 is 0. The molecule has 0 aromatic carbocycles. The second kappa shape index (κ2) is 6.70. The molecule has 1 aromatic heterocycles. The monoisotopic (exact) mass is 269 g/mol. The van der Waals surface area contributed by atoms with Gasteiger partial charge in [0.1, 0.15) is 5.54 Å². The Morgan fingerprint density at radius 2 is 2.06 bits per heavy atom. The Morgan fingerprint density at radius 3 is 2.61 bits per heavy atom. The molecule has 0 amide bonds. The van der Waals surface area contributed by atoms with Crippen LogP contribution in [-0.2, 0) is 4.79 Å². The molecule has 1 unspecified atom stereocenters. The molecule has 0 fully saturated rings. The molecule has 1 rings (SSSR count). The van der Waals surface area contributed by atoms with Crippen molar-refractivity contribution >= 4 is 17.7 Å². The molecule has 3 N–H and O–H groups in total. The van der Waals surface area contributed by atoms with Gasteiger partial charge in [-0.2, -0.15) is 0 Å². The summed E-state index contributed by atoms with van der Waals surface area (Å²) in [5.41, 5.74) is 5.56. The zero-order valence-corrected chi connectivity index (χ0v) is 11.5. The van der Waals surface area contributed by atoms with E-state index >= 15 is 0 Å². The van der Waals surface area contributed by atoms with Crippen molar-refractivity contribution in [2.45, 2.75) is 43.8 Å². The quantitative estimate of drug-likeness (QED) is 0.446. The van der Waals surface area contributed by atoms with Crippen LogP contribution in [0.1, 0.15) is 31.7 Å². The van der Waals surface area contributed by atoms with Crippen molar-refractivity contribution in [1.82, 2.24) is 9.97 Å². The van der Waals surface area contributed by atoms with E-state index in [1.807, 2.05) is 6.92 Å². The smallest absolute Gasteiger partial charge is 0.323 e. The van der Waals surface area contributed by atoms with Crippen LogP contribution < -0.4 is 5.73 Å². The maximum absolute atomic E-state index is 10.8. The largest absolute Gasteiger partial charge is 0.480 e. The van der Waals surface area contributed by atoms with Gasteiger partial charge in [-0.1, -0.05) is 18.2 Å². The van der Waals surface area contributed by atoms with Gasteiger partial charge in [0.05, 0.1) is 0 Å². The molecule has 0 aliphatic rings. The third-order valence-corrected chi connectivity index (χ3v) is 3.53. The Kier molecular flexibility index (Phi) is 5.55. The van der Waals surface area contributed by atoms with E-state index in [0.717, 1.165) is 29.3 Å². The summed E-state index contributed by atoms with van der Waals surface area (Å²) >= 11 is 1.58. The van der Waals surface area contributed by atoms with Crippen LogP contribution in [0.25, 0.3) is 0 Å². The number of aryl methyl sites for hydroxylation is 1. The number of thioether (sulfide) groups is 1. The third kappa shape index (κ3) is 5.01. The summed E-state index contributed by atoms with van der Waals surface area (Å²) in [7, 11) is 0. The first-order chi connectivity index (χ1) is 8.42. The lowest BCUT2D eigenvalue weighted by Crippen LogP contribution is -2.44. The van der Waals surface area contributed by atoms with Gasteiger partial charge >= 0.3 is 5.97 Å². The van der Waals surface area contributed by atoms with E-state index in [1.165, 1.54) is 0 Å². The van der Waals surface area contributed by atoms with E-state index in [4.69, 9.17) is 10.8 Å².